The second-order valence-electron chi connectivity index (χ2n) is 6.89. The molecule has 8 nitrogen and oxygen atoms in total. The highest BCUT2D eigenvalue weighted by atomic mass is 32.2. The van der Waals surface area contributed by atoms with Crippen molar-refractivity contribution in [3.05, 3.63) is 58.1 Å². The van der Waals surface area contributed by atoms with Crippen molar-refractivity contribution in [1.29, 1.82) is 0 Å². The first-order chi connectivity index (χ1) is 16.6. The lowest BCUT2D eigenvalue weighted by molar-refractivity contribution is -0.386. The summed E-state index contributed by atoms with van der Waals surface area (Å²) in [5.74, 6) is -9.31. The van der Waals surface area contributed by atoms with Crippen molar-refractivity contribution in [2.24, 2.45) is 0 Å². The van der Waals surface area contributed by atoms with Gasteiger partial charge in [0.15, 0.2) is 12.4 Å². The van der Waals surface area contributed by atoms with Crippen LogP contribution in [-0.2, 0) is 20.8 Å². The van der Waals surface area contributed by atoms with Gasteiger partial charge in [0.05, 0.1) is 15.4 Å². The first-order valence-corrected chi connectivity index (χ1v) is 10.6. The second-order valence-corrected chi connectivity index (χ2v) is 8.89. The lowest BCUT2D eigenvalue weighted by Gasteiger charge is -2.27. The zero-order valence-electron chi connectivity index (χ0n) is 17.3. The van der Waals surface area contributed by atoms with Crippen molar-refractivity contribution >= 4 is 27.1 Å². The van der Waals surface area contributed by atoms with Crippen LogP contribution in [0, 0.1) is 10.1 Å². The molecule has 2 aromatic rings. The Morgan fingerprint density at radius 1 is 0.946 bits per heavy atom. The molecule has 0 bridgehead atoms. The number of alkyl halides is 10. The number of hydrogen-bond donors (Lipinski definition) is 1. The molecule has 0 spiro atoms. The summed E-state index contributed by atoms with van der Waals surface area (Å²) in [7, 11) is -6.87. The molecule has 2 aromatic carbocycles. The summed E-state index contributed by atoms with van der Waals surface area (Å²) >= 11 is 0. The molecular formula is C18H10F10N2O6S. The summed E-state index contributed by atoms with van der Waals surface area (Å²) in [6, 6.07) is 3.09. The van der Waals surface area contributed by atoms with Gasteiger partial charge < -0.3 is 10.1 Å². The van der Waals surface area contributed by atoms with Gasteiger partial charge in [-0.2, -0.15) is 43.9 Å². The summed E-state index contributed by atoms with van der Waals surface area (Å²) in [5.41, 5.74) is -3.06. The molecule has 0 heterocycles. The maximum Gasteiger partial charge on any atom is 0.461 e. The number of carbonyl (C=O) groups is 1. The number of anilines is 1. The fourth-order valence-corrected chi connectivity index (χ4v) is 3.79. The minimum absolute atomic E-state index is 0.0112. The van der Waals surface area contributed by atoms with Gasteiger partial charge in [0, 0.05) is 11.8 Å². The molecule has 0 unspecified atom stereocenters. The highest BCUT2D eigenvalue weighted by molar-refractivity contribution is 7.92. The van der Waals surface area contributed by atoms with Crippen LogP contribution < -0.4 is 10.1 Å². The average Bonchev–Trinajstić information content (AvgIpc) is 2.76. The summed E-state index contributed by atoms with van der Waals surface area (Å²) in [6.07, 6.45) is -11.8. The van der Waals surface area contributed by atoms with Crippen LogP contribution in [0.3, 0.4) is 0 Å². The van der Waals surface area contributed by atoms with Crippen LogP contribution in [0.1, 0.15) is 5.56 Å². The second kappa shape index (κ2) is 9.67. The van der Waals surface area contributed by atoms with Gasteiger partial charge in [-0.15, -0.1) is 0 Å². The molecule has 0 aliphatic rings. The third kappa shape index (κ3) is 5.86. The Hall–Kier alpha value is -3.64. The molecule has 0 fully saturated rings. The Kier molecular flexibility index (Phi) is 7.74. The number of nitrogens with zero attached hydrogens (tertiary/aromatic N) is 1. The smallest absolute Gasteiger partial charge is 0.461 e. The molecule has 0 atom stereocenters. The van der Waals surface area contributed by atoms with Crippen molar-refractivity contribution in [2.45, 2.75) is 28.4 Å². The summed E-state index contributed by atoms with van der Waals surface area (Å²) in [4.78, 5) is 19.6. The number of ether oxygens (including phenoxy) is 1. The maximum absolute atomic E-state index is 13.8. The number of nitrogens with one attached hydrogen (secondary N) is 1. The van der Waals surface area contributed by atoms with Crippen molar-refractivity contribution < 1.29 is 66.8 Å². The molecule has 0 aliphatic carbocycles. The molecular weight excluding hydrogens is 562 g/mol. The average molecular weight is 572 g/mol. The number of halogens is 10. The van der Waals surface area contributed by atoms with Crippen molar-refractivity contribution in [1.82, 2.24) is 0 Å². The van der Waals surface area contributed by atoms with Crippen LogP contribution >= 0.6 is 0 Å². The third-order valence-electron chi connectivity index (χ3n) is 4.33. The van der Waals surface area contributed by atoms with Gasteiger partial charge in [-0.05, 0) is 30.3 Å². The maximum atomic E-state index is 13.8. The van der Waals surface area contributed by atoms with Crippen LogP contribution in [-0.4, -0.2) is 43.2 Å². The largest absolute Gasteiger partial charge is 0.477 e. The number of rotatable bonds is 8. The molecule has 2 rings (SSSR count). The molecule has 0 radical (unpaired) electrons. The normalized spacial score (nSPS) is 13.2. The van der Waals surface area contributed by atoms with Gasteiger partial charge in [-0.25, -0.2) is 8.42 Å². The molecule has 19 heteroatoms. The topological polar surface area (TPSA) is 116 Å². The number of sulfone groups is 1. The fourth-order valence-electron chi connectivity index (χ4n) is 2.52. The lowest BCUT2D eigenvalue weighted by Crippen LogP contribution is -2.55. The highest BCUT2D eigenvalue weighted by Gasteiger charge is 2.78. The Labute approximate surface area is 198 Å². The Bertz CT molecular complexity index is 1310. The van der Waals surface area contributed by atoms with Crippen LogP contribution in [0.2, 0.25) is 0 Å². The van der Waals surface area contributed by atoms with Crippen LogP contribution in [0.15, 0.2) is 47.4 Å². The van der Waals surface area contributed by atoms with Crippen molar-refractivity contribution in [3.8, 4) is 5.75 Å². The van der Waals surface area contributed by atoms with E-state index in [0.29, 0.717) is 12.1 Å². The fraction of sp³-hybridized carbons (Fsp3) is 0.278. The molecule has 0 aliphatic heterocycles. The van der Waals surface area contributed by atoms with E-state index >= 15 is 0 Å². The van der Waals surface area contributed by atoms with E-state index in [-0.39, 0.29) is 23.9 Å². The summed E-state index contributed by atoms with van der Waals surface area (Å²) in [5, 5.41) is 6.34. The van der Waals surface area contributed by atoms with E-state index in [9.17, 15) is 67.2 Å². The monoisotopic (exact) mass is 572 g/mol. The van der Waals surface area contributed by atoms with E-state index in [2.05, 4.69) is 0 Å². The van der Waals surface area contributed by atoms with Gasteiger partial charge in [-0.3, -0.25) is 14.9 Å². The molecule has 204 valence electrons. The number of amides is 1. The van der Waals surface area contributed by atoms with E-state index in [1.54, 1.807) is 0 Å². The Morgan fingerprint density at radius 3 is 2.05 bits per heavy atom. The molecule has 1 amide bonds. The zero-order chi connectivity index (χ0) is 28.6. The van der Waals surface area contributed by atoms with Crippen LogP contribution in [0.5, 0.6) is 5.75 Å². The van der Waals surface area contributed by atoms with Gasteiger partial charge in [0.1, 0.15) is 0 Å². The molecule has 0 aromatic heterocycles. The molecule has 37 heavy (non-hydrogen) atoms. The third-order valence-corrected chi connectivity index (χ3v) is 6.13. The van der Waals surface area contributed by atoms with E-state index in [0.717, 1.165) is 12.1 Å². The van der Waals surface area contributed by atoms with Crippen LogP contribution in [0.25, 0.3) is 0 Å². The number of carbonyl (C=O) groups excluding carboxylic acids is 1. The van der Waals surface area contributed by atoms with Gasteiger partial charge >= 0.3 is 29.2 Å². The first-order valence-electron chi connectivity index (χ1n) is 9.08. The Balaban J connectivity index is 2.31. The first kappa shape index (κ1) is 29.6. The minimum Gasteiger partial charge on any atom is -0.477 e. The van der Waals surface area contributed by atoms with E-state index in [1.165, 1.54) is 0 Å². The SMILES string of the molecule is O=C(COc1ccc(S(=O)(=O)C(F)(F)C(F)(F)C(F)(F)F)cc1[N+](=O)[O-])Nc1cccc(C(F)(F)F)c1. The highest BCUT2D eigenvalue weighted by Crippen LogP contribution is 2.51. The van der Waals surface area contributed by atoms with E-state index in [1.807, 2.05) is 5.32 Å². The molecule has 1 N–H and O–H groups in total. The van der Waals surface area contributed by atoms with E-state index < -0.39 is 72.7 Å². The number of nitro benzene ring substituents is 1. The van der Waals surface area contributed by atoms with Crippen molar-refractivity contribution in [2.75, 3.05) is 11.9 Å². The van der Waals surface area contributed by atoms with Crippen molar-refractivity contribution in [3.63, 3.8) is 0 Å². The standard InChI is InChI=1S/C18H10F10N2O6S/c19-15(20,21)9-2-1-3-10(6-9)29-14(31)8-36-13-5-4-11(7-12(13)30(32)33)37(34,35)18(27,28)16(22,23)17(24,25)26/h1-7H,8H2,(H,29,31). The lowest BCUT2D eigenvalue weighted by atomic mass is 10.2. The number of benzene rings is 2. The molecule has 0 saturated carbocycles. The van der Waals surface area contributed by atoms with Crippen LogP contribution in [0.4, 0.5) is 55.3 Å². The summed E-state index contributed by atoms with van der Waals surface area (Å²) in [6.45, 7) is -1.18. The van der Waals surface area contributed by atoms with Gasteiger partial charge in [-0.1, -0.05) is 6.07 Å². The van der Waals surface area contributed by atoms with Gasteiger partial charge in [0.25, 0.3) is 15.7 Å². The quantitative estimate of drug-likeness (QED) is 0.264. The minimum atomic E-state index is -7.08. The predicted molar refractivity (Wildman–Crippen MR) is 102 cm³/mol. The predicted octanol–water partition coefficient (Wildman–Crippen LogP) is 5.20. The molecule has 0 saturated heterocycles. The number of nitro groups is 1. The zero-order valence-corrected chi connectivity index (χ0v) is 18.1. The van der Waals surface area contributed by atoms with E-state index in [4.69, 9.17) is 4.74 Å². The summed E-state index contributed by atoms with van der Waals surface area (Å²) < 4.78 is 158. The number of hydrogen-bond acceptors (Lipinski definition) is 6. The Morgan fingerprint density at radius 2 is 1.54 bits per heavy atom. The van der Waals surface area contributed by atoms with Gasteiger partial charge in [0.2, 0.25) is 0 Å².